The van der Waals surface area contributed by atoms with E-state index in [-0.39, 0.29) is 23.3 Å². The van der Waals surface area contributed by atoms with Crippen LogP contribution in [-0.4, -0.2) is 29.5 Å². The summed E-state index contributed by atoms with van der Waals surface area (Å²) >= 11 is 0. The van der Waals surface area contributed by atoms with E-state index in [0.717, 1.165) is 11.1 Å². The maximum Gasteiger partial charge on any atom is 0.268 e. The van der Waals surface area contributed by atoms with Gasteiger partial charge in [-0.15, -0.1) is 12.4 Å². The van der Waals surface area contributed by atoms with Crippen LogP contribution in [0.5, 0.6) is 5.75 Å². The molecule has 3 N–H and O–H groups in total. The van der Waals surface area contributed by atoms with E-state index in [0.29, 0.717) is 33.3 Å². The monoisotopic (exact) mass is 468 g/mol. The Morgan fingerprint density at radius 1 is 1.03 bits per heavy atom. The number of aromatic nitrogens is 3. The molecule has 2 aromatic heterocycles. The molecule has 9 heteroatoms. The minimum absolute atomic E-state index is 0. The zero-order valence-electron chi connectivity index (χ0n) is 17.4. The first kappa shape index (κ1) is 21.7. The highest BCUT2D eigenvalue weighted by molar-refractivity contribution is 7.90. The molecule has 0 spiro atoms. The lowest BCUT2D eigenvalue weighted by atomic mass is 10.1. The number of H-pyrrole nitrogens is 1. The number of nitrogen functional groups attached to an aromatic ring is 1. The zero-order valence-corrected chi connectivity index (χ0v) is 19.0. The molecule has 0 atom stereocenters. The topological polar surface area (TPSA) is 103 Å². The maximum atomic E-state index is 13.8. The number of nitrogens with two attached hydrogens (primary N) is 1. The number of aromatic amines is 1. The van der Waals surface area contributed by atoms with Gasteiger partial charge in [-0.3, -0.25) is 0 Å². The average molecular weight is 469 g/mol. The van der Waals surface area contributed by atoms with Crippen molar-refractivity contribution in [3.8, 4) is 17.0 Å². The van der Waals surface area contributed by atoms with Crippen molar-refractivity contribution in [2.75, 3.05) is 12.8 Å². The number of imidazole rings is 1. The number of aryl methyl sites for hydroxylation is 1. The number of ether oxygens (including phenoxy) is 1. The largest absolute Gasteiger partial charge is 0.497 e. The van der Waals surface area contributed by atoms with E-state index in [1.54, 1.807) is 37.6 Å². The molecule has 0 fully saturated rings. The van der Waals surface area contributed by atoms with Crippen molar-refractivity contribution in [1.82, 2.24) is 13.9 Å². The maximum absolute atomic E-state index is 13.8. The van der Waals surface area contributed by atoms with Gasteiger partial charge in [0.05, 0.1) is 23.2 Å². The molecule has 0 saturated heterocycles. The van der Waals surface area contributed by atoms with Crippen LogP contribution in [0.2, 0.25) is 0 Å². The minimum Gasteiger partial charge on any atom is -0.497 e. The highest BCUT2D eigenvalue weighted by atomic mass is 35.5. The molecular formula is C23H21ClN4O3S. The van der Waals surface area contributed by atoms with Gasteiger partial charge in [-0.05, 0) is 36.6 Å². The highest BCUT2D eigenvalue weighted by Crippen LogP contribution is 2.37. The predicted molar refractivity (Wildman–Crippen MR) is 129 cm³/mol. The van der Waals surface area contributed by atoms with E-state index >= 15 is 0 Å². The first-order valence-corrected chi connectivity index (χ1v) is 11.1. The van der Waals surface area contributed by atoms with E-state index in [1.165, 1.54) is 3.97 Å². The van der Waals surface area contributed by atoms with E-state index in [1.807, 2.05) is 43.3 Å². The molecule has 32 heavy (non-hydrogen) atoms. The summed E-state index contributed by atoms with van der Waals surface area (Å²) in [5, 5.41) is 2.23. The number of rotatable bonds is 4. The smallest absolute Gasteiger partial charge is 0.268 e. The number of hydrogen-bond donors (Lipinski definition) is 2. The lowest BCUT2D eigenvalue weighted by Gasteiger charge is -2.10. The molecule has 2 heterocycles. The van der Waals surface area contributed by atoms with Gasteiger partial charge in [-0.2, -0.15) is 0 Å². The Balaban J connectivity index is 0.00000245. The van der Waals surface area contributed by atoms with Crippen molar-refractivity contribution < 1.29 is 13.2 Å². The second kappa shape index (κ2) is 7.89. The van der Waals surface area contributed by atoms with Crippen molar-refractivity contribution in [2.24, 2.45) is 0 Å². The van der Waals surface area contributed by atoms with Crippen molar-refractivity contribution >= 4 is 50.1 Å². The van der Waals surface area contributed by atoms with Crippen molar-refractivity contribution in [3.63, 3.8) is 0 Å². The van der Waals surface area contributed by atoms with Crippen molar-refractivity contribution in [2.45, 2.75) is 11.8 Å². The molecule has 0 amide bonds. The van der Waals surface area contributed by atoms with Crippen LogP contribution < -0.4 is 10.5 Å². The van der Waals surface area contributed by atoms with Crippen LogP contribution in [-0.2, 0) is 10.0 Å². The fourth-order valence-electron chi connectivity index (χ4n) is 3.97. The van der Waals surface area contributed by atoms with E-state index < -0.39 is 10.0 Å². The van der Waals surface area contributed by atoms with Crippen LogP contribution in [0.25, 0.3) is 32.9 Å². The molecule has 0 saturated carbocycles. The second-order valence-corrected chi connectivity index (χ2v) is 9.08. The first-order valence-electron chi connectivity index (χ1n) is 9.65. The van der Waals surface area contributed by atoms with E-state index in [4.69, 9.17) is 10.5 Å². The average Bonchev–Trinajstić information content (AvgIpc) is 3.32. The quantitative estimate of drug-likeness (QED) is 0.396. The number of nitrogens with one attached hydrogen (secondary N) is 1. The molecule has 0 radical (unpaired) electrons. The molecule has 5 aromatic rings. The summed E-state index contributed by atoms with van der Waals surface area (Å²) in [5.74, 6) is 0.892. The van der Waals surface area contributed by atoms with Crippen LogP contribution >= 0.6 is 12.4 Å². The van der Waals surface area contributed by atoms with Gasteiger partial charge in [0.15, 0.2) is 5.95 Å². The molecule has 0 bridgehead atoms. The lowest BCUT2D eigenvalue weighted by molar-refractivity contribution is 0.415. The Hall–Kier alpha value is -3.49. The molecule has 0 aliphatic heterocycles. The van der Waals surface area contributed by atoms with Crippen molar-refractivity contribution in [1.29, 1.82) is 0 Å². The fraction of sp³-hybridized carbons (Fsp3) is 0.0870. The predicted octanol–water partition coefficient (Wildman–Crippen LogP) is 4.74. The SMILES string of the molecule is COc1ccc2c(c1)c(-c1nc(N)[nH]c1C)cn2S(=O)(=O)c1cccc2ccccc12.Cl. The fourth-order valence-corrected chi connectivity index (χ4v) is 5.55. The summed E-state index contributed by atoms with van der Waals surface area (Å²) in [5.41, 5.74) is 8.39. The number of halogens is 1. The molecule has 0 unspecified atom stereocenters. The van der Waals surface area contributed by atoms with Crippen LogP contribution in [0.1, 0.15) is 5.69 Å². The van der Waals surface area contributed by atoms with Crippen LogP contribution in [0.3, 0.4) is 0 Å². The third-order valence-electron chi connectivity index (χ3n) is 5.42. The summed E-state index contributed by atoms with van der Waals surface area (Å²) in [6, 6.07) is 18.0. The Morgan fingerprint density at radius 2 is 1.78 bits per heavy atom. The number of benzene rings is 3. The number of methoxy groups -OCH3 is 1. The minimum atomic E-state index is -3.90. The molecule has 5 rings (SSSR count). The van der Waals surface area contributed by atoms with Gasteiger partial charge in [0.1, 0.15) is 5.75 Å². The lowest BCUT2D eigenvalue weighted by Crippen LogP contribution is -2.12. The van der Waals surface area contributed by atoms with E-state index in [9.17, 15) is 8.42 Å². The molecule has 0 aliphatic rings. The van der Waals surface area contributed by atoms with Crippen LogP contribution in [0.4, 0.5) is 5.95 Å². The zero-order chi connectivity index (χ0) is 21.8. The third kappa shape index (κ3) is 3.28. The summed E-state index contributed by atoms with van der Waals surface area (Å²) in [6.07, 6.45) is 1.60. The van der Waals surface area contributed by atoms with E-state index in [2.05, 4.69) is 9.97 Å². The standard InChI is InChI=1S/C23H20N4O3S.ClH/c1-14-22(26-23(24)25-14)19-13-27(20-11-10-16(30-2)12-18(19)20)31(28,29)21-9-5-7-15-6-3-4-8-17(15)21;/h3-13H,1-2H3,(H3,24,25,26);1H. The molecular weight excluding hydrogens is 448 g/mol. The van der Waals surface area contributed by atoms with Gasteiger partial charge in [0.25, 0.3) is 10.0 Å². The Bertz CT molecular complexity index is 1570. The molecule has 7 nitrogen and oxygen atoms in total. The number of fused-ring (bicyclic) bond motifs is 2. The molecule has 0 aliphatic carbocycles. The second-order valence-electron chi connectivity index (χ2n) is 7.30. The Labute approximate surface area is 191 Å². The normalized spacial score (nSPS) is 11.6. The Kier molecular flexibility index (Phi) is 5.36. The van der Waals surface area contributed by atoms with Crippen LogP contribution in [0.15, 0.2) is 71.8 Å². The summed E-state index contributed by atoms with van der Waals surface area (Å²) < 4.78 is 34.3. The number of nitrogens with zero attached hydrogens (tertiary/aromatic N) is 2. The molecule has 164 valence electrons. The van der Waals surface area contributed by atoms with Gasteiger partial charge in [0.2, 0.25) is 0 Å². The van der Waals surface area contributed by atoms with Crippen molar-refractivity contribution in [3.05, 3.63) is 72.6 Å². The van der Waals surface area contributed by atoms with Gasteiger partial charge < -0.3 is 15.5 Å². The first-order chi connectivity index (χ1) is 14.9. The van der Waals surface area contributed by atoms with Gasteiger partial charge in [-0.25, -0.2) is 17.4 Å². The highest BCUT2D eigenvalue weighted by Gasteiger charge is 2.25. The third-order valence-corrected chi connectivity index (χ3v) is 7.15. The number of anilines is 1. The summed E-state index contributed by atoms with van der Waals surface area (Å²) in [4.78, 5) is 7.60. The molecule has 3 aromatic carbocycles. The van der Waals surface area contributed by atoms with Crippen LogP contribution in [0, 0.1) is 6.92 Å². The van der Waals surface area contributed by atoms with Gasteiger partial charge in [-0.1, -0.05) is 36.4 Å². The van der Waals surface area contributed by atoms with Gasteiger partial charge in [0, 0.05) is 28.2 Å². The summed E-state index contributed by atoms with van der Waals surface area (Å²) in [6.45, 7) is 1.85. The summed E-state index contributed by atoms with van der Waals surface area (Å²) in [7, 11) is -2.33. The number of hydrogen-bond acceptors (Lipinski definition) is 5. The van der Waals surface area contributed by atoms with Gasteiger partial charge >= 0.3 is 0 Å². The Morgan fingerprint density at radius 3 is 2.50 bits per heavy atom.